The number of allylic oxidation sites excluding steroid dienone is 2. The monoisotopic (exact) mass is 182 g/mol. The highest BCUT2D eigenvalue weighted by Gasteiger charge is 2.41. The Morgan fingerprint density at radius 3 is 2.38 bits per heavy atom. The standard InChI is InChI=1S/C11H18O2/c1-3-10-9(2)12-11(13-10)7-5-4-6-8-11/h3-8H2,1-2H3. The lowest BCUT2D eigenvalue weighted by molar-refractivity contribution is -0.174. The minimum absolute atomic E-state index is 0.256. The molecule has 1 aliphatic heterocycles. The first kappa shape index (κ1) is 8.92. The summed E-state index contributed by atoms with van der Waals surface area (Å²) in [7, 11) is 0. The van der Waals surface area contributed by atoms with Crippen molar-refractivity contribution in [3.63, 3.8) is 0 Å². The third kappa shape index (κ3) is 1.54. The molecule has 0 N–H and O–H groups in total. The van der Waals surface area contributed by atoms with Gasteiger partial charge in [0.15, 0.2) is 0 Å². The predicted octanol–water partition coefficient (Wildman–Crippen LogP) is 3.34. The third-order valence-electron chi connectivity index (χ3n) is 2.98. The van der Waals surface area contributed by atoms with Crippen LogP contribution in [0.15, 0.2) is 11.5 Å². The van der Waals surface area contributed by atoms with Crippen molar-refractivity contribution in [1.82, 2.24) is 0 Å². The summed E-state index contributed by atoms with van der Waals surface area (Å²) in [5, 5.41) is 0. The fourth-order valence-electron chi connectivity index (χ4n) is 2.27. The van der Waals surface area contributed by atoms with Crippen LogP contribution in [0, 0.1) is 0 Å². The fraction of sp³-hybridized carbons (Fsp3) is 0.818. The van der Waals surface area contributed by atoms with Gasteiger partial charge in [-0.05, 0) is 19.8 Å². The molecule has 1 spiro atoms. The second-order valence-electron chi connectivity index (χ2n) is 4.01. The maximum absolute atomic E-state index is 5.91. The van der Waals surface area contributed by atoms with Crippen LogP contribution in [0.3, 0.4) is 0 Å². The molecular formula is C11H18O2. The van der Waals surface area contributed by atoms with Gasteiger partial charge in [0.1, 0.15) is 11.5 Å². The second-order valence-corrected chi connectivity index (χ2v) is 4.01. The Hall–Kier alpha value is -0.660. The van der Waals surface area contributed by atoms with Crippen LogP contribution in [-0.4, -0.2) is 5.79 Å². The van der Waals surface area contributed by atoms with Gasteiger partial charge in [0, 0.05) is 19.3 Å². The van der Waals surface area contributed by atoms with Gasteiger partial charge in [0.25, 0.3) is 5.79 Å². The molecule has 0 saturated heterocycles. The van der Waals surface area contributed by atoms with Crippen LogP contribution in [0.1, 0.15) is 52.4 Å². The van der Waals surface area contributed by atoms with E-state index in [-0.39, 0.29) is 5.79 Å². The number of hydrogen-bond donors (Lipinski definition) is 0. The van der Waals surface area contributed by atoms with Gasteiger partial charge >= 0.3 is 0 Å². The zero-order valence-corrected chi connectivity index (χ0v) is 8.56. The van der Waals surface area contributed by atoms with Crippen LogP contribution in [0.2, 0.25) is 0 Å². The van der Waals surface area contributed by atoms with Gasteiger partial charge < -0.3 is 9.47 Å². The Morgan fingerprint density at radius 2 is 1.85 bits per heavy atom. The summed E-state index contributed by atoms with van der Waals surface area (Å²) in [5.74, 6) is 1.81. The normalized spacial score (nSPS) is 26.0. The van der Waals surface area contributed by atoms with E-state index in [1.165, 1.54) is 19.3 Å². The summed E-state index contributed by atoms with van der Waals surface area (Å²) in [6.07, 6.45) is 6.89. The summed E-state index contributed by atoms with van der Waals surface area (Å²) >= 11 is 0. The van der Waals surface area contributed by atoms with Crippen LogP contribution in [0.5, 0.6) is 0 Å². The van der Waals surface area contributed by atoms with Crippen molar-refractivity contribution in [3.8, 4) is 0 Å². The van der Waals surface area contributed by atoms with Crippen molar-refractivity contribution in [2.45, 2.75) is 58.2 Å². The molecule has 2 heteroatoms. The fourth-order valence-corrected chi connectivity index (χ4v) is 2.27. The summed E-state index contributed by atoms with van der Waals surface area (Å²) in [6, 6.07) is 0. The Balaban J connectivity index is 2.06. The van der Waals surface area contributed by atoms with E-state index >= 15 is 0 Å². The highest BCUT2D eigenvalue weighted by atomic mass is 16.7. The minimum Gasteiger partial charge on any atom is -0.454 e. The van der Waals surface area contributed by atoms with Gasteiger partial charge in [0.05, 0.1) is 0 Å². The van der Waals surface area contributed by atoms with Crippen LogP contribution in [0.4, 0.5) is 0 Å². The molecule has 2 nitrogen and oxygen atoms in total. The molecule has 0 amide bonds. The molecule has 0 aromatic heterocycles. The predicted molar refractivity (Wildman–Crippen MR) is 51.0 cm³/mol. The van der Waals surface area contributed by atoms with Crippen molar-refractivity contribution in [3.05, 3.63) is 11.5 Å². The molecule has 0 aromatic rings. The van der Waals surface area contributed by atoms with Gasteiger partial charge in [-0.25, -0.2) is 0 Å². The molecule has 0 atom stereocenters. The topological polar surface area (TPSA) is 18.5 Å². The van der Waals surface area contributed by atoms with Crippen molar-refractivity contribution >= 4 is 0 Å². The lowest BCUT2D eigenvalue weighted by atomic mass is 9.94. The van der Waals surface area contributed by atoms with Crippen molar-refractivity contribution in [2.24, 2.45) is 0 Å². The quantitative estimate of drug-likeness (QED) is 0.619. The summed E-state index contributed by atoms with van der Waals surface area (Å²) in [4.78, 5) is 0. The van der Waals surface area contributed by atoms with Gasteiger partial charge in [-0.2, -0.15) is 0 Å². The van der Waals surface area contributed by atoms with E-state index in [2.05, 4.69) is 6.92 Å². The first-order valence-corrected chi connectivity index (χ1v) is 5.33. The van der Waals surface area contributed by atoms with Crippen molar-refractivity contribution in [1.29, 1.82) is 0 Å². The van der Waals surface area contributed by atoms with Crippen LogP contribution >= 0.6 is 0 Å². The average molecular weight is 182 g/mol. The van der Waals surface area contributed by atoms with E-state index in [4.69, 9.17) is 9.47 Å². The van der Waals surface area contributed by atoms with Gasteiger partial charge in [-0.1, -0.05) is 13.3 Å². The Bertz CT molecular complexity index is 224. The van der Waals surface area contributed by atoms with Crippen LogP contribution < -0.4 is 0 Å². The molecule has 1 heterocycles. The van der Waals surface area contributed by atoms with E-state index in [0.717, 1.165) is 30.8 Å². The maximum Gasteiger partial charge on any atom is 0.250 e. The van der Waals surface area contributed by atoms with Gasteiger partial charge in [-0.15, -0.1) is 0 Å². The first-order valence-electron chi connectivity index (χ1n) is 5.33. The molecular weight excluding hydrogens is 164 g/mol. The number of rotatable bonds is 1. The van der Waals surface area contributed by atoms with E-state index in [1.54, 1.807) is 0 Å². The maximum atomic E-state index is 5.91. The first-order chi connectivity index (χ1) is 6.26. The van der Waals surface area contributed by atoms with E-state index in [0.29, 0.717) is 0 Å². The van der Waals surface area contributed by atoms with E-state index in [9.17, 15) is 0 Å². The van der Waals surface area contributed by atoms with Crippen LogP contribution in [-0.2, 0) is 9.47 Å². The molecule has 0 radical (unpaired) electrons. The van der Waals surface area contributed by atoms with Gasteiger partial charge in [0.2, 0.25) is 0 Å². The lowest BCUT2D eigenvalue weighted by Gasteiger charge is -2.32. The summed E-state index contributed by atoms with van der Waals surface area (Å²) in [6.45, 7) is 4.13. The highest BCUT2D eigenvalue weighted by Crippen LogP contribution is 2.42. The molecule has 0 bridgehead atoms. The Morgan fingerprint density at radius 1 is 1.15 bits per heavy atom. The molecule has 2 aliphatic rings. The molecule has 13 heavy (non-hydrogen) atoms. The van der Waals surface area contributed by atoms with E-state index in [1.807, 2.05) is 6.92 Å². The lowest BCUT2D eigenvalue weighted by Crippen LogP contribution is -2.33. The number of hydrogen-bond acceptors (Lipinski definition) is 2. The number of ether oxygens (including phenoxy) is 2. The summed E-state index contributed by atoms with van der Waals surface area (Å²) < 4.78 is 11.8. The third-order valence-corrected chi connectivity index (χ3v) is 2.98. The zero-order chi connectivity index (χ0) is 9.31. The minimum atomic E-state index is -0.256. The molecule has 0 unspecified atom stereocenters. The largest absolute Gasteiger partial charge is 0.454 e. The molecule has 1 saturated carbocycles. The molecule has 74 valence electrons. The molecule has 1 fully saturated rings. The van der Waals surface area contributed by atoms with Crippen molar-refractivity contribution in [2.75, 3.05) is 0 Å². The summed E-state index contributed by atoms with van der Waals surface area (Å²) in [5.41, 5.74) is 0. The molecule has 0 aromatic carbocycles. The van der Waals surface area contributed by atoms with Crippen LogP contribution in [0.25, 0.3) is 0 Å². The Kier molecular flexibility index (Phi) is 2.22. The zero-order valence-electron chi connectivity index (χ0n) is 8.56. The Labute approximate surface area is 79.9 Å². The van der Waals surface area contributed by atoms with Gasteiger partial charge in [-0.3, -0.25) is 0 Å². The second kappa shape index (κ2) is 3.24. The molecule has 1 aliphatic carbocycles. The smallest absolute Gasteiger partial charge is 0.250 e. The SMILES string of the molecule is CCC1=C(C)OC2(CCCCC2)O1. The van der Waals surface area contributed by atoms with E-state index < -0.39 is 0 Å². The molecule has 2 rings (SSSR count). The van der Waals surface area contributed by atoms with Crippen molar-refractivity contribution < 1.29 is 9.47 Å². The average Bonchev–Trinajstić information content (AvgIpc) is 2.44. The highest BCUT2D eigenvalue weighted by molar-refractivity contribution is 5.06.